The van der Waals surface area contributed by atoms with Crippen LogP contribution in [0.1, 0.15) is 25.3 Å². The van der Waals surface area contributed by atoms with E-state index < -0.39 is 11.8 Å². The third-order valence-electron chi connectivity index (χ3n) is 2.07. The number of hydrogen-bond acceptors (Lipinski definition) is 1. The number of aliphatic carboxylic acids is 1. The van der Waals surface area contributed by atoms with E-state index in [1.54, 1.807) is 24.3 Å². The van der Waals surface area contributed by atoms with Gasteiger partial charge in [-0.25, -0.2) is 4.79 Å². The molecule has 0 unspecified atom stereocenters. The highest BCUT2D eigenvalue weighted by molar-refractivity contribution is 5.94. The molecule has 0 aliphatic carbocycles. The first-order valence-electron chi connectivity index (χ1n) is 4.84. The Kier molecular flexibility index (Phi) is 4.03. The molecule has 80 valence electrons. The average molecular weight is 208 g/mol. The maximum Gasteiger partial charge on any atom is 0.365 e. The lowest BCUT2D eigenvalue weighted by atomic mass is 10.0. The highest BCUT2D eigenvalue weighted by atomic mass is 19.1. The summed E-state index contributed by atoms with van der Waals surface area (Å²) in [4.78, 5) is 10.6. The Balaban J connectivity index is 3.14. The number of halogens is 1. The number of hydrogen-bond donors (Lipinski definition) is 1. The SMILES string of the molecule is CCCC(=C(F)C(=O)O)c1ccccc1. The van der Waals surface area contributed by atoms with Gasteiger partial charge in [0, 0.05) is 5.57 Å². The maximum atomic E-state index is 13.3. The van der Waals surface area contributed by atoms with E-state index in [0.29, 0.717) is 18.4 Å². The first-order chi connectivity index (χ1) is 7.16. The van der Waals surface area contributed by atoms with E-state index in [0.717, 1.165) is 0 Å². The molecule has 0 heterocycles. The first-order valence-corrected chi connectivity index (χ1v) is 4.84. The van der Waals surface area contributed by atoms with Crippen LogP contribution in [0.2, 0.25) is 0 Å². The number of carboxylic acids is 1. The van der Waals surface area contributed by atoms with E-state index in [1.807, 2.05) is 13.0 Å². The second-order valence-electron chi connectivity index (χ2n) is 3.21. The molecule has 0 radical (unpaired) electrons. The highest BCUT2D eigenvalue weighted by Crippen LogP contribution is 2.24. The predicted octanol–water partition coefficient (Wildman–Crippen LogP) is 3.25. The molecule has 0 fully saturated rings. The van der Waals surface area contributed by atoms with Gasteiger partial charge >= 0.3 is 5.97 Å². The van der Waals surface area contributed by atoms with Gasteiger partial charge in [0.1, 0.15) is 0 Å². The Hall–Kier alpha value is -1.64. The van der Waals surface area contributed by atoms with E-state index in [9.17, 15) is 9.18 Å². The van der Waals surface area contributed by atoms with Crippen LogP contribution in [0.15, 0.2) is 36.2 Å². The van der Waals surface area contributed by atoms with Crippen LogP contribution in [0.25, 0.3) is 5.57 Å². The van der Waals surface area contributed by atoms with Crippen LogP contribution in [0, 0.1) is 0 Å². The van der Waals surface area contributed by atoms with E-state index in [4.69, 9.17) is 5.11 Å². The smallest absolute Gasteiger partial charge is 0.365 e. The summed E-state index contributed by atoms with van der Waals surface area (Å²) in [5, 5.41) is 8.61. The Morgan fingerprint density at radius 3 is 2.40 bits per heavy atom. The Bertz CT molecular complexity index is 368. The van der Waals surface area contributed by atoms with Crippen LogP contribution in [0.5, 0.6) is 0 Å². The molecule has 1 rings (SSSR count). The molecule has 0 saturated heterocycles. The zero-order valence-electron chi connectivity index (χ0n) is 8.53. The summed E-state index contributed by atoms with van der Waals surface area (Å²) < 4.78 is 13.3. The van der Waals surface area contributed by atoms with Crippen molar-refractivity contribution >= 4 is 11.5 Å². The predicted molar refractivity (Wildman–Crippen MR) is 57.0 cm³/mol. The maximum absolute atomic E-state index is 13.3. The minimum atomic E-state index is -1.50. The third kappa shape index (κ3) is 2.91. The summed E-state index contributed by atoms with van der Waals surface area (Å²) in [5.74, 6) is -2.55. The van der Waals surface area contributed by atoms with E-state index >= 15 is 0 Å². The molecule has 1 aromatic rings. The van der Waals surface area contributed by atoms with Crippen molar-refractivity contribution in [3.63, 3.8) is 0 Å². The lowest BCUT2D eigenvalue weighted by Gasteiger charge is -2.06. The molecule has 0 atom stereocenters. The van der Waals surface area contributed by atoms with Crippen LogP contribution in [-0.4, -0.2) is 11.1 Å². The molecule has 3 heteroatoms. The van der Waals surface area contributed by atoms with Gasteiger partial charge < -0.3 is 5.11 Å². The number of allylic oxidation sites excluding steroid dienone is 1. The fraction of sp³-hybridized carbons (Fsp3) is 0.250. The van der Waals surface area contributed by atoms with Gasteiger partial charge in [-0.2, -0.15) is 4.39 Å². The van der Waals surface area contributed by atoms with Crippen molar-refractivity contribution in [1.82, 2.24) is 0 Å². The normalized spacial score (nSPS) is 12.1. The first kappa shape index (κ1) is 11.4. The average Bonchev–Trinajstić information content (AvgIpc) is 2.26. The van der Waals surface area contributed by atoms with Crippen molar-refractivity contribution < 1.29 is 14.3 Å². The molecule has 0 saturated carbocycles. The summed E-state index contributed by atoms with van der Waals surface area (Å²) >= 11 is 0. The minimum Gasteiger partial charge on any atom is -0.476 e. The van der Waals surface area contributed by atoms with E-state index in [-0.39, 0.29) is 5.57 Å². The molecule has 0 spiro atoms. The fourth-order valence-corrected chi connectivity index (χ4v) is 1.40. The zero-order valence-corrected chi connectivity index (χ0v) is 8.53. The van der Waals surface area contributed by atoms with Gasteiger partial charge in [0.05, 0.1) is 0 Å². The Morgan fingerprint density at radius 2 is 1.93 bits per heavy atom. The topological polar surface area (TPSA) is 37.3 Å². The van der Waals surface area contributed by atoms with Crippen LogP contribution in [-0.2, 0) is 4.79 Å². The Labute approximate surface area is 88.1 Å². The summed E-state index contributed by atoms with van der Waals surface area (Å²) in [6, 6.07) is 8.77. The van der Waals surface area contributed by atoms with Gasteiger partial charge in [0.15, 0.2) is 0 Å². The molecule has 1 aromatic carbocycles. The lowest BCUT2D eigenvalue weighted by Crippen LogP contribution is -1.99. The van der Waals surface area contributed by atoms with Crippen molar-refractivity contribution in [3.8, 4) is 0 Å². The highest BCUT2D eigenvalue weighted by Gasteiger charge is 2.14. The lowest BCUT2D eigenvalue weighted by molar-refractivity contribution is -0.134. The van der Waals surface area contributed by atoms with Crippen molar-refractivity contribution in [2.45, 2.75) is 19.8 Å². The monoisotopic (exact) mass is 208 g/mol. The molecular formula is C12H13FO2. The quantitative estimate of drug-likeness (QED) is 0.771. The molecule has 0 aliphatic heterocycles. The van der Waals surface area contributed by atoms with Crippen LogP contribution < -0.4 is 0 Å². The molecule has 15 heavy (non-hydrogen) atoms. The van der Waals surface area contributed by atoms with Gasteiger partial charge in [0.2, 0.25) is 5.83 Å². The second-order valence-corrected chi connectivity index (χ2v) is 3.21. The summed E-state index contributed by atoms with van der Waals surface area (Å²) in [6.07, 6.45) is 1.15. The molecule has 0 bridgehead atoms. The van der Waals surface area contributed by atoms with Crippen molar-refractivity contribution in [2.75, 3.05) is 0 Å². The van der Waals surface area contributed by atoms with Crippen LogP contribution in [0.3, 0.4) is 0 Å². The second kappa shape index (κ2) is 5.29. The van der Waals surface area contributed by atoms with Crippen molar-refractivity contribution in [3.05, 3.63) is 41.7 Å². The van der Waals surface area contributed by atoms with E-state index in [2.05, 4.69) is 0 Å². The number of carbonyl (C=O) groups is 1. The summed E-state index contributed by atoms with van der Waals surface area (Å²) in [5.41, 5.74) is 0.907. The number of benzene rings is 1. The fourth-order valence-electron chi connectivity index (χ4n) is 1.40. The largest absolute Gasteiger partial charge is 0.476 e. The van der Waals surface area contributed by atoms with Crippen LogP contribution >= 0.6 is 0 Å². The van der Waals surface area contributed by atoms with Gasteiger partial charge in [-0.3, -0.25) is 0 Å². The van der Waals surface area contributed by atoms with Gasteiger partial charge in [-0.1, -0.05) is 43.7 Å². The van der Waals surface area contributed by atoms with Crippen molar-refractivity contribution in [2.24, 2.45) is 0 Å². The molecule has 1 N–H and O–H groups in total. The zero-order chi connectivity index (χ0) is 11.3. The molecule has 0 aromatic heterocycles. The van der Waals surface area contributed by atoms with E-state index in [1.165, 1.54) is 0 Å². The van der Waals surface area contributed by atoms with Gasteiger partial charge in [-0.15, -0.1) is 0 Å². The number of carboxylic acid groups (broad SMARTS) is 1. The third-order valence-corrected chi connectivity index (χ3v) is 2.07. The standard InChI is InChI=1S/C12H13FO2/c1-2-6-10(11(13)12(14)15)9-7-4-3-5-8-9/h3-5,7-8H,2,6H2,1H3,(H,14,15). The molecular weight excluding hydrogens is 195 g/mol. The summed E-state index contributed by atoms with van der Waals surface area (Å²) in [7, 11) is 0. The molecule has 0 amide bonds. The minimum absolute atomic E-state index is 0.269. The van der Waals surface area contributed by atoms with Crippen molar-refractivity contribution in [1.29, 1.82) is 0 Å². The van der Waals surface area contributed by atoms with Crippen LogP contribution in [0.4, 0.5) is 4.39 Å². The molecule has 0 aliphatic rings. The van der Waals surface area contributed by atoms with Gasteiger partial charge in [-0.05, 0) is 12.0 Å². The van der Waals surface area contributed by atoms with Gasteiger partial charge in [0.25, 0.3) is 0 Å². The summed E-state index contributed by atoms with van der Waals surface area (Å²) in [6.45, 7) is 1.89. The Morgan fingerprint density at radius 1 is 1.33 bits per heavy atom. The number of rotatable bonds is 4. The molecule has 2 nitrogen and oxygen atoms in total.